The van der Waals surface area contributed by atoms with Gasteiger partial charge >= 0.3 is 5.97 Å². The van der Waals surface area contributed by atoms with Crippen molar-refractivity contribution in [2.45, 2.75) is 0 Å². The maximum absolute atomic E-state index is 11.3. The average Bonchev–Trinajstić information content (AvgIpc) is 2.42. The summed E-state index contributed by atoms with van der Waals surface area (Å²) in [7, 11) is 3.10. The second-order valence-corrected chi connectivity index (χ2v) is 4.08. The molecule has 0 saturated heterocycles. The van der Waals surface area contributed by atoms with E-state index in [-0.39, 0.29) is 18.2 Å². The van der Waals surface area contributed by atoms with Gasteiger partial charge in [0.15, 0.2) is 6.61 Å². The molecule has 20 heavy (non-hydrogen) atoms. The van der Waals surface area contributed by atoms with Crippen molar-refractivity contribution in [2.75, 3.05) is 20.7 Å². The Labute approximate surface area is 115 Å². The number of ether oxygens (including phenoxy) is 1. The summed E-state index contributed by atoms with van der Waals surface area (Å²) in [5, 5.41) is 10.6. The van der Waals surface area contributed by atoms with E-state index in [2.05, 4.69) is 0 Å². The summed E-state index contributed by atoms with van der Waals surface area (Å²) in [4.78, 5) is 33.9. The van der Waals surface area contributed by atoms with Crippen LogP contribution in [0.4, 0.5) is 5.69 Å². The molecule has 0 aromatic heterocycles. The number of rotatable bonds is 5. The second-order valence-electron chi connectivity index (χ2n) is 4.08. The lowest BCUT2D eigenvalue weighted by Crippen LogP contribution is -2.27. The van der Waals surface area contributed by atoms with E-state index in [4.69, 9.17) is 4.74 Å². The van der Waals surface area contributed by atoms with Gasteiger partial charge in [-0.3, -0.25) is 14.9 Å². The SMILES string of the molecule is CN(C)C(=O)COC(=O)/C=C/c1cccc([N+](=O)[O-])c1. The Bertz CT molecular complexity index is 551. The molecular formula is C13H14N2O5. The van der Waals surface area contributed by atoms with Crippen LogP contribution >= 0.6 is 0 Å². The number of esters is 1. The van der Waals surface area contributed by atoms with Crippen molar-refractivity contribution in [1.82, 2.24) is 4.90 Å². The molecule has 1 aromatic rings. The quantitative estimate of drug-likeness (QED) is 0.350. The topological polar surface area (TPSA) is 89.8 Å². The molecule has 1 aromatic carbocycles. The fourth-order valence-corrected chi connectivity index (χ4v) is 1.22. The number of nitro groups is 1. The largest absolute Gasteiger partial charge is 0.452 e. The van der Waals surface area contributed by atoms with Crippen LogP contribution in [0.2, 0.25) is 0 Å². The molecule has 0 spiro atoms. The number of hydrogen-bond acceptors (Lipinski definition) is 5. The number of hydrogen-bond donors (Lipinski definition) is 0. The lowest BCUT2D eigenvalue weighted by atomic mass is 10.2. The van der Waals surface area contributed by atoms with Gasteiger partial charge < -0.3 is 9.64 Å². The van der Waals surface area contributed by atoms with Gasteiger partial charge in [-0.25, -0.2) is 4.79 Å². The third-order valence-electron chi connectivity index (χ3n) is 2.33. The zero-order valence-corrected chi connectivity index (χ0v) is 11.1. The molecule has 1 rings (SSSR count). The number of carbonyl (C=O) groups is 2. The van der Waals surface area contributed by atoms with Gasteiger partial charge in [0.1, 0.15) is 0 Å². The molecule has 0 aliphatic rings. The van der Waals surface area contributed by atoms with Gasteiger partial charge in [-0.1, -0.05) is 12.1 Å². The van der Waals surface area contributed by atoms with Crippen LogP contribution in [0.1, 0.15) is 5.56 Å². The van der Waals surface area contributed by atoms with E-state index >= 15 is 0 Å². The van der Waals surface area contributed by atoms with E-state index in [1.165, 1.54) is 29.2 Å². The van der Waals surface area contributed by atoms with E-state index in [0.717, 1.165) is 6.08 Å². The summed E-state index contributed by atoms with van der Waals surface area (Å²) in [6.07, 6.45) is 2.50. The van der Waals surface area contributed by atoms with Crippen LogP contribution in [-0.2, 0) is 14.3 Å². The van der Waals surface area contributed by atoms with Gasteiger partial charge in [-0.15, -0.1) is 0 Å². The van der Waals surface area contributed by atoms with Crippen molar-refractivity contribution in [3.63, 3.8) is 0 Å². The van der Waals surface area contributed by atoms with Crippen molar-refractivity contribution < 1.29 is 19.2 Å². The molecule has 0 aliphatic carbocycles. The Kier molecular flexibility index (Phi) is 5.40. The Morgan fingerprint density at radius 2 is 2.10 bits per heavy atom. The molecule has 0 fully saturated rings. The van der Waals surface area contributed by atoms with Crippen molar-refractivity contribution in [2.24, 2.45) is 0 Å². The zero-order valence-electron chi connectivity index (χ0n) is 11.1. The van der Waals surface area contributed by atoms with Gasteiger partial charge in [0.25, 0.3) is 11.6 Å². The molecule has 0 unspecified atom stereocenters. The highest BCUT2D eigenvalue weighted by Crippen LogP contribution is 2.14. The van der Waals surface area contributed by atoms with Crippen LogP contribution < -0.4 is 0 Å². The predicted molar refractivity (Wildman–Crippen MR) is 71.8 cm³/mol. The highest BCUT2D eigenvalue weighted by atomic mass is 16.6. The summed E-state index contributed by atoms with van der Waals surface area (Å²) < 4.78 is 4.71. The number of likely N-dealkylation sites (N-methyl/N-ethyl adjacent to an activating group) is 1. The first-order chi connectivity index (χ1) is 9.40. The molecule has 7 nitrogen and oxygen atoms in total. The predicted octanol–water partition coefficient (Wildman–Crippen LogP) is 1.24. The molecule has 0 aliphatic heterocycles. The summed E-state index contributed by atoms with van der Waals surface area (Å²) >= 11 is 0. The van der Waals surface area contributed by atoms with E-state index < -0.39 is 10.9 Å². The van der Waals surface area contributed by atoms with Crippen LogP contribution in [0.5, 0.6) is 0 Å². The van der Waals surface area contributed by atoms with Gasteiger partial charge in [0.05, 0.1) is 4.92 Å². The third kappa shape index (κ3) is 4.89. The van der Waals surface area contributed by atoms with Crippen LogP contribution in [0.3, 0.4) is 0 Å². The van der Waals surface area contributed by atoms with Crippen LogP contribution in [0.25, 0.3) is 6.08 Å². The minimum absolute atomic E-state index is 0.0664. The fraction of sp³-hybridized carbons (Fsp3) is 0.231. The standard InChI is InChI=1S/C13H14N2O5/c1-14(2)12(16)9-20-13(17)7-6-10-4-3-5-11(8-10)15(18)19/h3-8H,9H2,1-2H3/b7-6+. The second kappa shape index (κ2) is 7.03. The lowest BCUT2D eigenvalue weighted by Gasteiger charge is -2.09. The van der Waals surface area contributed by atoms with E-state index in [9.17, 15) is 19.7 Å². The first kappa shape index (κ1) is 15.4. The van der Waals surface area contributed by atoms with Gasteiger partial charge in [-0.05, 0) is 11.6 Å². The maximum atomic E-state index is 11.3. The van der Waals surface area contributed by atoms with Crippen LogP contribution in [0, 0.1) is 10.1 Å². The monoisotopic (exact) mass is 278 g/mol. The normalized spacial score (nSPS) is 10.3. The number of carbonyl (C=O) groups excluding carboxylic acids is 2. The number of non-ortho nitro benzene ring substituents is 1. The van der Waals surface area contributed by atoms with Crippen molar-refractivity contribution in [3.05, 3.63) is 46.0 Å². The summed E-state index contributed by atoms with van der Waals surface area (Å²) in [5.41, 5.74) is 0.429. The van der Waals surface area contributed by atoms with Crippen molar-refractivity contribution in [3.8, 4) is 0 Å². The molecule has 0 radical (unpaired) electrons. The molecule has 1 amide bonds. The molecular weight excluding hydrogens is 264 g/mol. The van der Waals surface area contributed by atoms with Gasteiger partial charge in [0.2, 0.25) is 0 Å². The van der Waals surface area contributed by atoms with Crippen molar-refractivity contribution >= 4 is 23.6 Å². The molecule has 0 bridgehead atoms. The summed E-state index contributed by atoms with van der Waals surface area (Å²) in [6.45, 7) is -0.342. The Balaban J connectivity index is 2.59. The smallest absolute Gasteiger partial charge is 0.331 e. The van der Waals surface area contributed by atoms with Gasteiger partial charge in [-0.2, -0.15) is 0 Å². The van der Waals surface area contributed by atoms with E-state index in [0.29, 0.717) is 5.56 Å². The first-order valence-electron chi connectivity index (χ1n) is 5.69. The number of benzene rings is 1. The van der Waals surface area contributed by atoms with Crippen LogP contribution in [-0.4, -0.2) is 42.4 Å². The Morgan fingerprint density at radius 3 is 2.70 bits per heavy atom. The molecule has 0 N–H and O–H groups in total. The summed E-state index contributed by atoms with van der Waals surface area (Å²) in [6, 6.07) is 5.81. The van der Waals surface area contributed by atoms with Crippen molar-refractivity contribution in [1.29, 1.82) is 0 Å². The number of amides is 1. The number of nitrogens with zero attached hydrogens (tertiary/aromatic N) is 2. The van der Waals surface area contributed by atoms with Gasteiger partial charge in [0, 0.05) is 32.3 Å². The van der Waals surface area contributed by atoms with E-state index in [1.807, 2.05) is 0 Å². The molecule has 0 heterocycles. The third-order valence-corrected chi connectivity index (χ3v) is 2.33. The number of nitro benzene ring substituents is 1. The molecule has 0 saturated carbocycles. The summed E-state index contributed by atoms with van der Waals surface area (Å²) in [5.74, 6) is -1.02. The highest BCUT2D eigenvalue weighted by molar-refractivity contribution is 5.89. The fourth-order valence-electron chi connectivity index (χ4n) is 1.22. The Morgan fingerprint density at radius 1 is 1.40 bits per heavy atom. The lowest BCUT2D eigenvalue weighted by molar-refractivity contribution is -0.384. The molecule has 0 atom stereocenters. The Hall–Kier alpha value is -2.70. The highest BCUT2D eigenvalue weighted by Gasteiger charge is 2.07. The minimum Gasteiger partial charge on any atom is -0.452 e. The maximum Gasteiger partial charge on any atom is 0.331 e. The molecule has 106 valence electrons. The zero-order chi connectivity index (χ0) is 15.1. The average molecular weight is 278 g/mol. The molecule has 7 heteroatoms. The van der Waals surface area contributed by atoms with Crippen LogP contribution in [0.15, 0.2) is 30.3 Å². The first-order valence-corrected chi connectivity index (χ1v) is 5.69. The van der Waals surface area contributed by atoms with E-state index in [1.54, 1.807) is 20.2 Å². The minimum atomic E-state index is -0.688.